The summed E-state index contributed by atoms with van der Waals surface area (Å²) < 4.78 is 30.3. The molecule has 0 unspecified atom stereocenters. The molecule has 1 N–H and O–H groups in total. The van der Waals surface area contributed by atoms with Crippen LogP contribution in [0.3, 0.4) is 0 Å². The number of nitrogens with one attached hydrogen (secondary N) is 1. The molecule has 1 heterocycles. The Hall–Kier alpha value is -4.17. The van der Waals surface area contributed by atoms with Gasteiger partial charge in [-0.2, -0.15) is 5.10 Å². The van der Waals surface area contributed by atoms with E-state index < -0.39 is 22.5 Å². The Bertz CT molecular complexity index is 1590. The summed E-state index contributed by atoms with van der Waals surface area (Å²) >= 11 is 0. The van der Waals surface area contributed by atoms with Gasteiger partial charge in [-0.25, -0.2) is 13.8 Å². The van der Waals surface area contributed by atoms with Crippen LogP contribution in [0.25, 0.3) is 5.69 Å². The zero-order valence-corrected chi connectivity index (χ0v) is 23.8. The molecule has 3 aromatic carbocycles. The van der Waals surface area contributed by atoms with Crippen LogP contribution in [0.4, 0.5) is 5.69 Å². The third-order valence-electron chi connectivity index (χ3n) is 6.78. The van der Waals surface area contributed by atoms with Crippen molar-refractivity contribution in [2.45, 2.75) is 45.9 Å². The summed E-state index contributed by atoms with van der Waals surface area (Å²) in [6.45, 7) is 9.82. The molecular formula is C31H34N4O3S. The van der Waals surface area contributed by atoms with E-state index in [1.807, 2.05) is 45.0 Å². The van der Waals surface area contributed by atoms with Gasteiger partial charge in [0.25, 0.3) is 15.9 Å². The lowest BCUT2D eigenvalue weighted by molar-refractivity contribution is -0.119. The number of aryl methyl sites for hydroxylation is 4. The molecule has 0 saturated heterocycles. The van der Waals surface area contributed by atoms with E-state index >= 15 is 0 Å². The lowest BCUT2D eigenvalue weighted by Crippen LogP contribution is -2.39. The van der Waals surface area contributed by atoms with Crippen molar-refractivity contribution < 1.29 is 13.2 Å². The highest BCUT2D eigenvalue weighted by Crippen LogP contribution is 2.26. The molecule has 0 saturated carbocycles. The van der Waals surface area contributed by atoms with Gasteiger partial charge in [0, 0.05) is 17.0 Å². The van der Waals surface area contributed by atoms with E-state index in [0.29, 0.717) is 5.69 Å². The molecule has 202 valence electrons. The van der Waals surface area contributed by atoms with E-state index in [1.54, 1.807) is 36.5 Å². The molecule has 0 aliphatic carbocycles. The molecule has 0 radical (unpaired) electrons. The van der Waals surface area contributed by atoms with Gasteiger partial charge in [-0.1, -0.05) is 55.5 Å². The minimum absolute atomic E-state index is 0.111. The van der Waals surface area contributed by atoms with Crippen molar-refractivity contribution in [2.24, 2.45) is 5.10 Å². The van der Waals surface area contributed by atoms with Gasteiger partial charge in [0.1, 0.15) is 6.54 Å². The van der Waals surface area contributed by atoms with E-state index in [-0.39, 0.29) is 4.90 Å². The highest BCUT2D eigenvalue weighted by molar-refractivity contribution is 7.92. The summed E-state index contributed by atoms with van der Waals surface area (Å²) in [4.78, 5) is 13.1. The second-order valence-electron chi connectivity index (χ2n) is 9.54. The van der Waals surface area contributed by atoms with E-state index in [9.17, 15) is 13.2 Å². The molecule has 0 fully saturated rings. The van der Waals surface area contributed by atoms with Crippen LogP contribution in [0.2, 0.25) is 0 Å². The first kappa shape index (κ1) is 27.9. The van der Waals surface area contributed by atoms with Crippen LogP contribution < -0.4 is 9.73 Å². The third kappa shape index (κ3) is 5.96. The van der Waals surface area contributed by atoms with E-state index in [0.717, 1.165) is 38.9 Å². The summed E-state index contributed by atoms with van der Waals surface area (Å²) in [5, 5.41) is 4.16. The van der Waals surface area contributed by atoms with Crippen molar-refractivity contribution in [3.63, 3.8) is 0 Å². The molecule has 7 nitrogen and oxygen atoms in total. The number of hydrazone groups is 1. The fraction of sp³-hybridized carbons (Fsp3) is 0.226. The SMILES string of the molecule is CCc1ccc(N(CC(=O)N/N=C\c2cc(C)n(-c3c(C)cccc3C)c2C)S(=O)(=O)c2ccccc2)cc1. The number of aromatic nitrogens is 1. The topological polar surface area (TPSA) is 83.8 Å². The number of sulfonamides is 1. The number of hydrogen-bond acceptors (Lipinski definition) is 4. The average Bonchev–Trinajstić information content (AvgIpc) is 3.20. The number of amides is 1. The molecule has 8 heteroatoms. The van der Waals surface area contributed by atoms with Gasteiger partial charge in [-0.3, -0.25) is 9.10 Å². The monoisotopic (exact) mass is 542 g/mol. The minimum Gasteiger partial charge on any atom is -0.317 e. The number of anilines is 1. The molecule has 1 aromatic heterocycles. The van der Waals surface area contributed by atoms with Crippen molar-refractivity contribution in [1.29, 1.82) is 0 Å². The van der Waals surface area contributed by atoms with Gasteiger partial charge in [-0.15, -0.1) is 0 Å². The molecule has 0 aliphatic heterocycles. The molecule has 4 aromatic rings. The summed E-state index contributed by atoms with van der Waals surface area (Å²) in [6, 6.07) is 23.5. The van der Waals surface area contributed by atoms with Crippen LogP contribution in [0.1, 0.15) is 40.6 Å². The van der Waals surface area contributed by atoms with Gasteiger partial charge in [0.2, 0.25) is 0 Å². The predicted molar refractivity (Wildman–Crippen MR) is 157 cm³/mol. The lowest BCUT2D eigenvalue weighted by atomic mass is 10.1. The van der Waals surface area contributed by atoms with E-state index in [4.69, 9.17) is 0 Å². The van der Waals surface area contributed by atoms with Crippen molar-refractivity contribution in [3.05, 3.63) is 113 Å². The first-order valence-electron chi connectivity index (χ1n) is 12.9. The van der Waals surface area contributed by atoms with E-state index in [2.05, 4.69) is 41.1 Å². The quantitative estimate of drug-likeness (QED) is 0.220. The molecule has 0 atom stereocenters. The van der Waals surface area contributed by atoms with Crippen LogP contribution >= 0.6 is 0 Å². The van der Waals surface area contributed by atoms with Gasteiger partial charge in [-0.05, 0) is 81.1 Å². The van der Waals surface area contributed by atoms with Crippen molar-refractivity contribution in [2.75, 3.05) is 10.8 Å². The minimum atomic E-state index is -3.98. The molecule has 0 bridgehead atoms. The van der Waals surface area contributed by atoms with E-state index in [1.165, 1.54) is 23.3 Å². The second kappa shape index (κ2) is 11.7. The highest BCUT2D eigenvalue weighted by Gasteiger charge is 2.27. The van der Waals surface area contributed by atoms with Crippen molar-refractivity contribution >= 4 is 27.8 Å². The molecule has 1 amide bonds. The van der Waals surface area contributed by atoms with Crippen LogP contribution in [-0.2, 0) is 21.2 Å². The van der Waals surface area contributed by atoms with Gasteiger partial charge >= 0.3 is 0 Å². The van der Waals surface area contributed by atoms with Gasteiger partial charge in [0.15, 0.2) is 0 Å². The first-order valence-corrected chi connectivity index (χ1v) is 14.3. The second-order valence-corrected chi connectivity index (χ2v) is 11.4. The van der Waals surface area contributed by atoms with Crippen LogP contribution in [0, 0.1) is 27.7 Å². The maximum absolute atomic E-state index is 13.5. The Kier molecular flexibility index (Phi) is 8.35. The number of nitrogens with zero attached hydrogens (tertiary/aromatic N) is 3. The normalized spacial score (nSPS) is 11.6. The summed E-state index contributed by atoms with van der Waals surface area (Å²) in [6.07, 6.45) is 2.42. The standard InChI is InChI=1S/C31H34N4O3S/c1-6-26-15-17-28(18-16-26)34(39(37,38)29-13-8-7-9-14-29)21-30(36)33-32-20-27-19-24(4)35(25(27)5)31-22(2)11-10-12-23(31)3/h7-20H,6,21H2,1-5H3,(H,33,36)/b32-20-. The Morgan fingerprint density at radius 2 is 1.56 bits per heavy atom. The average molecular weight is 543 g/mol. The van der Waals surface area contributed by atoms with Crippen molar-refractivity contribution in [1.82, 2.24) is 9.99 Å². The highest BCUT2D eigenvalue weighted by atomic mass is 32.2. The molecule has 0 aliphatic rings. The van der Waals surface area contributed by atoms with Gasteiger partial charge in [0.05, 0.1) is 22.5 Å². The number of benzene rings is 3. The molecule has 4 rings (SSSR count). The first-order chi connectivity index (χ1) is 18.6. The number of rotatable bonds is 9. The summed E-state index contributed by atoms with van der Waals surface area (Å²) in [7, 11) is -3.98. The summed E-state index contributed by atoms with van der Waals surface area (Å²) in [5.74, 6) is -0.547. The fourth-order valence-electron chi connectivity index (χ4n) is 4.69. The Morgan fingerprint density at radius 1 is 0.923 bits per heavy atom. The largest absolute Gasteiger partial charge is 0.317 e. The van der Waals surface area contributed by atoms with Crippen LogP contribution in [0.5, 0.6) is 0 Å². The summed E-state index contributed by atoms with van der Waals surface area (Å²) in [5.41, 5.74) is 10.4. The molecular weight excluding hydrogens is 508 g/mol. The smallest absolute Gasteiger partial charge is 0.264 e. The van der Waals surface area contributed by atoms with Crippen LogP contribution in [-0.4, -0.2) is 31.7 Å². The number of para-hydroxylation sites is 1. The molecule has 39 heavy (non-hydrogen) atoms. The zero-order valence-electron chi connectivity index (χ0n) is 23.0. The fourth-order valence-corrected chi connectivity index (χ4v) is 6.14. The lowest BCUT2D eigenvalue weighted by Gasteiger charge is -2.24. The Labute approximate surface area is 230 Å². The number of carbonyl (C=O) groups is 1. The van der Waals surface area contributed by atoms with Gasteiger partial charge < -0.3 is 4.57 Å². The predicted octanol–water partition coefficient (Wildman–Crippen LogP) is 5.62. The number of hydrogen-bond donors (Lipinski definition) is 1. The van der Waals surface area contributed by atoms with Crippen molar-refractivity contribution in [3.8, 4) is 5.69 Å². The number of carbonyl (C=O) groups excluding carboxylic acids is 1. The molecule has 0 spiro atoms. The third-order valence-corrected chi connectivity index (χ3v) is 8.57. The Morgan fingerprint density at radius 3 is 2.18 bits per heavy atom. The zero-order chi connectivity index (χ0) is 28.2. The maximum Gasteiger partial charge on any atom is 0.264 e. The van der Waals surface area contributed by atoms with Crippen LogP contribution in [0.15, 0.2) is 88.9 Å². The Balaban J connectivity index is 1.57. The maximum atomic E-state index is 13.5.